The van der Waals surface area contributed by atoms with Gasteiger partial charge in [0.1, 0.15) is 18.0 Å². The van der Waals surface area contributed by atoms with Gasteiger partial charge in [-0.3, -0.25) is 9.88 Å². The van der Waals surface area contributed by atoms with E-state index in [1.807, 2.05) is 24.3 Å². The molecule has 1 aromatic carbocycles. The lowest BCUT2D eigenvalue weighted by Gasteiger charge is -2.36. The summed E-state index contributed by atoms with van der Waals surface area (Å²) in [5.74, 6) is 0.826. The molecule has 0 saturated carbocycles. The molecule has 0 radical (unpaired) electrons. The van der Waals surface area contributed by atoms with Gasteiger partial charge < -0.3 is 9.64 Å². The van der Waals surface area contributed by atoms with Crippen molar-refractivity contribution in [1.29, 1.82) is 0 Å². The van der Waals surface area contributed by atoms with Crippen molar-refractivity contribution in [2.45, 2.75) is 32.0 Å². The highest BCUT2D eigenvalue weighted by Gasteiger charge is 2.32. The molecule has 2 aromatic heterocycles. The largest absolute Gasteiger partial charge is 0.472 e. The molecule has 2 aliphatic rings. The van der Waals surface area contributed by atoms with Crippen molar-refractivity contribution in [2.75, 3.05) is 19.6 Å². The van der Waals surface area contributed by atoms with Crippen molar-refractivity contribution in [3.63, 3.8) is 0 Å². The van der Waals surface area contributed by atoms with Crippen LogP contribution in [-0.4, -0.2) is 61.9 Å². The molecule has 0 spiro atoms. The first-order valence-corrected chi connectivity index (χ1v) is 11.3. The number of hydrogen-bond donors (Lipinski definition) is 2. The second-order valence-corrected chi connectivity index (χ2v) is 8.49. The Morgan fingerprint density at radius 2 is 2.22 bits per heavy atom. The number of ether oxygens (including phenoxy) is 1. The van der Waals surface area contributed by atoms with Gasteiger partial charge in [0.05, 0.1) is 10.4 Å². The van der Waals surface area contributed by atoms with Crippen molar-refractivity contribution in [1.82, 2.24) is 30.0 Å². The zero-order chi connectivity index (χ0) is 22.1. The highest BCUT2D eigenvalue weighted by molar-refractivity contribution is 6.36. The summed E-state index contributed by atoms with van der Waals surface area (Å²) in [7, 11) is 0. The van der Waals surface area contributed by atoms with Gasteiger partial charge in [0.25, 0.3) is 0 Å². The van der Waals surface area contributed by atoms with Gasteiger partial charge in [-0.05, 0) is 42.5 Å². The maximum Gasteiger partial charge on any atom is 0.340 e. The molecule has 9 heteroatoms. The Labute approximate surface area is 190 Å². The van der Waals surface area contributed by atoms with Crippen LogP contribution >= 0.6 is 11.6 Å². The van der Waals surface area contributed by atoms with Crippen molar-refractivity contribution < 1.29 is 4.74 Å². The van der Waals surface area contributed by atoms with Crippen LogP contribution in [0.1, 0.15) is 19.8 Å². The summed E-state index contributed by atoms with van der Waals surface area (Å²) in [5.41, 5.74) is 0.144. The predicted octanol–water partition coefficient (Wildman–Crippen LogP) is 3.54. The van der Waals surface area contributed by atoms with E-state index in [1.54, 1.807) is 0 Å². The number of hydrogen-bond acceptors (Lipinski definition) is 6. The summed E-state index contributed by atoms with van der Waals surface area (Å²) in [4.78, 5) is 23.7. The fourth-order valence-electron chi connectivity index (χ4n) is 4.40. The molecule has 32 heavy (non-hydrogen) atoms. The molecule has 1 saturated heterocycles. The zero-order valence-electron chi connectivity index (χ0n) is 17.8. The van der Waals surface area contributed by atoms with E-state index >= 15 is 0 Å². The molecule has 166 valence electrons. The van der Waals surface area contributed by atoms with Crippen LogP contribution in [0.3, 0.4) is 0 Å². The zero-order valence-corrected chi connectivity index (χ0v) is 18.5. The van der Waals surface area contributed by atoms with E-state index in [9.17, 15) is 4.79 Å². The maximum absolute atomic E-state index is 11.5. The summed E-state index contributed by atoms with van der Waals surface area (Å²) >= 11 is 6.52. The lowest BCUT2D eigenvalue weighted by molar-refractivity contribution is 0.116. The number of benzene rings is 1. The first-order chi connectivity index (χ1) is 15.6. The van der Waals surface area contributed by atoms with E-state index in [0.29, 0.717) is 22.4 Å². The van der Waals surface area contributed by atoms with Gasteiger partial charge >= 0.3 is 5.69 Å². The van der Waals surface area contributed by atoms with Crippen LogP contribution in [0.2, 0.25) is 5.02 Å². The third kappa shape index (κ3) is 4.03. The molecule has 0 aliphatic carbocycles. The Bertz CT molecular complexity index is 1230. The third-order valence-corrected chi connectivity index (χ3v) is 6.16. The molecule has 2 N–H and O–H groups in total. The van der Waals surface area contributed by atoms with Gasteiger partial charge in [-0.2, -0.15) is 5.10 Å². The summed E-state index contributed by atoms with van der Waals surface area (Å²) in [5, 5.41) is 8.63. The average Bonchev–Trinajstić information content (AvgIpc) is 3.43. The molecule has 2 aliphatic heterocycles. The predicted molar refractivity (Wildman–Crippen MR) is 125 cm³/mol. The molecule has 5 rings (SSSR count). The molecule has 1 unspecified atom stereocenters. The molecule has 0 bridgehead atoms. The number of fused-ring (bicyclic) bond motifs is 1. The number of aromatic amines is 2. The van der Waals surface area contributed by atoms with E-state index in [1.165, 1.54) is 0 Å². The van der Waals surface area contributed by atoms with Crippen LogP contribution in [0.25, 0.3) is 22.3 Å². The van der Waals surface area contributed by atoms with Crippen LogP contribution in [0.15, 0.2) is 53.5 Å². The van der Waals surface area contributed by atoms with Gasteiger partial charge in [0, 0.05) is 25.8 Å². The van der Waals surface area contributed by atoms with Gasteiger partial charge in [-0.15, -0.1) is 0 Å². The molecule has 1 fully saturated rings. The van der Waals surface area contributed by atoms with Crippen LogP contribution in [0.4, 0.5) is 0 Å². The first kappa shape index (κ1) is 20.8. The summed E-state index contributed by atoms with van der Waals surface area (Å²) < 4.78 is 6.43. The number of allylic oxidation sites excluding steroid dienone is 2. The number of nitrogens with one attached hydrogen (secondary N) is 2. The fraction of sp³-hybridized carbons (Fsp3) is 0.348. The Hall–Kier alpha value is -3.10. The third-order valence-electron chi connectivity index (χ3n) is 5.84. The van der Waals surface area contributed by atoms with Crippen LogP contribution in [0, 0.1) is 0 Å². The highest BCUT2D eigenvalue weighted by Crippen LogP contribution is 2.35. The van der Waals surface area contributed by atoms with Gasteiger partial charge in [-0.25, -0.2) is 14.9 Å². The average molecular weight is 453 g/mol. The lowest BCUT2D eigenvalue weighted by Crippen LogP contribution is -2.45. The number of pyridine rings is 1. The molecular formula is C23H25ClN6O2. The Balaban J connectivity index is 1.42. The Morgan fingerprint density at radius 3 is 3.03 bits per heavy atom. The smallest absolute Gasteiger partial charge is 0.340 e. The van der Waals surface area contributed by atoms with Crippen LogP contribution in [-0.2, 0) is 0 Å². The van der Waals surface area contributed by atoms with E-state index in [4.69, 9.17) is 16.3 Å². The maximum atomic E-state index is 11.5. The van der Waals surface area contributed by atoms with Crippen molar-refractivity contribution in [3.8, 4) is 17.4 Å². The highest BCUT2D eigenvalue weighted by atomic mass is 35.5. The summed E-state index contributed by atoms with van der Waals surface area (Å²) in [6, 6.07) is 7.51. The SMILES string of the molecule is CCCN1C=CC=CC1N1CC[C@H](Oc2nc(-c3n[nH]c(=O)[nH]3)cc3cccc(Cl)c23)C1. The number of rotatable bonds is 6. The lowest BCUT2D eigenvalue weighted by atomic mass is 10.1. The molecular weight excluding hydrogens is 428 g/mol. The van der Waals surface area contributed by atoms with Crippen LogP contribution in [0.5, 0.6) is 5.88 Å². The van der Waals surface area contributed by atoms with Crippen LogP contribution < -0.4 is 10.4 Å². The van der Waals surface area contributed by atoms with E-state index in [2.05, 4.69) is 61.3 Å². The quantitative estimate of drug-likeness (QED) is 0.594. The van der Waals surface area contributed by atoms with E-state index < -0.39 is 0 Å². The molecule has 4 heterocycles. The van der Waals surface area contributed by atoms with E-state index in [-0.39, 0.29) is 18.0 Å². The van der Waals surface area contributed by atoms with Crippen molar-refractivity contribution >= 4 is 22.4 Å². The van der Waals surface area contributed by atoms with E-state index in [0.717, 1.165) is 43.2 Å². The molecule has 2 atom stereocenters. The molecule has 0 amide bonds. The van der Waals surface area contributed by atoms with Gasteiger partial charge in [-0.1, -0.05) is 36.7 Å². The Kier molecular flexibility index (Phi) is 5.71. The number of aromatic nitrogens is 4. The van der Waals surface area contributed by atoms with Crippen molar-refractivity contribution in [3.05, 3.63) is 64.2 Å². The second kappa shape index (κ2) is 8.80. The fourth-order valence-corrected chi connectivity index (χ4v) is 4.66. The molecule has 8 nitrogen and oxygen atoms in total. The monoisotopic (exact) mass is 452 g/mol. The Morgan fingerprint density at radius 1 is 1.31 bits per heavy atom. The topological polar surface area (TPSA) is 90.1 Å². The number of halogens is 1. The second-order valence-electron chi connectivity index (χ2n) is 8.08. The number of H-pyrrole nitrogens is 2. The summed E-state index contributed by atoms with van der Waals surface area (Å²) in [6.45, 7) is 4.93. The minimum absolute atomic E-state index is 0.0155. The van der Waals surface area contributed by atoms with Crippen molar-refractivity contribution in [2.24, 2.45) is 0 Å². The standard InChI is InChI=1S/C23H25ClN6O2/c1-2-10-29-11-4-3-8-19(29)30-12-9-16(14-30)32-22-20-15(6-5-7-17(20)24)13-18(25-22)21-26-23(31)28-27-21/h3-8,11,13,16,19H,2,9-10,12,14H2,1H3,(H2,26,27,28,31)/t16-,19?/m0/s1. The number of likely N-dealkylation sites (tertiary alicyclic amines) is 1. The summed E-state index contributed by atoms with van der Waals surface area (Å²) in [6.07, 6.45) is 10.8. The van der Waals surface area contributed by atoms with Gasteiger partial charge in [0.2, 0.25) is 5.88 Å². The van der Waals surface area contributed by atoms with Gasteiger partial charge in [0.15, 0.2) is 5.82 Å². The molecule has 3 aromatic rings. The minimum atomic E-state index is -0.381. The number of nitrogens with zero attached hydrogens (tertiary/aromatic N) is 4. The first-order valence-electron chi connectivity index (χ1n) is 10.9. The minimum Gasteiger partial charge on any atom is -0.472 e. The normalized spacial score (nSPS) is 21.0.